The normalized spacial score (nSPS) is 24.0. The number of rotatable bonds is 15. The van der Waals surface area contributed by atoms with Gasteiger partial charge in [-0.1, -0.05) is 31.5 Å². The average molecular weight is 811 g/mol. The maximum Gasteiger partial charge on any atom is 0.289 e. The van der Waals surface area contributed by atoms with Crippen LogP contribution in [0.2, 0.25) is 0 Å². The maximum absolute atomic E-state index is 15.2. The van der Waals surface area contributed by atoms with Gasteiger partial charge in [-0.25, -0.2) is 0 Å². The van der Waals surface area contributed by atoms with E-state index >= 15 is 4.79 Å². The SMILES string of the molecule is CC[C@H]1CN2CCc3cc(OC)c(OC)cc3[C@@H]2C[C@@H]1C[C@@H]1c2cc(OC)c(OC)cc2CCN1C(=O)C1=C[C@H](c2coc3ccccc23)C[C@H](OCCOCCO)O1. The summed E-state index contributed by atoms with van der Waals surface area (Å²) in [5.41, 5.74) is 6.63. The smallest absolute Gasteiger partial charge is 0.289 e. The van der Waals surface area contributed by atoms with Gasteiger partial charge in [-0.3, -0.25) is 9.69 Å². The van der Waals surface area contributed by atoms with Gasteiger partial charge in [0.25, 0.3) is 5.91 Å². The highest BCUT2D eigenvalue weighted by Gasteiger charge is 2.43. The molecule has 0 saturated carbocycles. The van der Waals surface area contributed by atoms with Crippen molar-refractivity contribution in [2.45, 2.75) is 69.7 Å². The number of fused-ring (bicyclic) bond motifs is 5. The number of carbonyl (C=O) groups excluding carboxylic acids is 1. The summed E-state index contributed by atoms with van der Waals surface area (Å²) in [5, 5.41) is 10.2. The van der Waals surface area contributed by atoms with Gasteiger partial charge in [-0.15, -0.1) is 0 Å². The van der Waals surface area contributed by atoms with E-state index in [0.29, 0.717) is 49.3 Å². The van der Waals surface area contributed by atoms with Crippen LogP contribution < -0.4 is 18.9 Å². The third-order valence-corrected chi connectivity index (χ3v) is 13.0. The minimum Gasteiger partial charge on any atom is -0.493 e. The number of allylic oxidation sites excluding steroid dienone is 1. The largest absolute Gasteiger partial charge is 0.493 e. The molecule has 4 aliphatic rings. The minimum absolute atomic E-state index is 0.0637. The second kappa shape index (κ2) is 18.3. The number of methoxy groups -OCH3 is 4. The lowest BCUT2D eigenvalue weighted by atomic mass is 9.72. The summed E-state index contributed by atoms with van der Waals surface area (Å²) in [6, 6.07) is 16.4. The van der Waals surface area contributed by atoms with Crippen LogP contribution >= 0.6 is 0 Å². The lowest BCUT2D eigenvalue weighted by molar-refractivity contribution is -0.158. The number of aliphatic hydroxyl groups excluding tert-OH is 1. The third kappa shape index (κ3) is 8.24. The molecule has 316 valence electrons. The van der Waals surface area contributed by atoms with Crippen LogP contribution in [0.4, 0.5) is 0 Å². The van der Waals surface area contributed by atoms with E-state index in [1.54, 1.807) is 34.7 Å². The first kappa shape index (κ1) is 41.0. The number of benzene rings is 3. The van der Waals surface area contributed by atoms with Crippen molar-refractivity contribution in [2.75, 3.05) is 74.5 Å². The van der Waals surface area contributed by atoms with Crippen LogP contribution in [-0.2, 0) is 31.8 Å². The van der Waals surface area contributed by atoms with Crippen molar-refractivity contribution in [3.05, 3.63) is 94.4 Å². The molecule has 12 nitrogen and oxygen atoms in total. The Hall–Kier alpha value is -4.75. The van der Waals surface area contributed by atoms with Crippen LogP contribution in [0.1, 0.15) is 78.4 Å². The van der Waals surface area contributed by atoms with Crippen molar-refractivity contribution >= 4 is 16.9 Å². The molecular formula is C47H58N2O10. The number of carbonyl (C=O) groups is 1. The third-order valence-electron chi connectivity index (χ3n) is 13.0. The average Bonchev–Trinajstić information content (AvgIpc) is 3.72. The first-order valence-corrected chi connectivity index (χ1v) is 21.1. The first-order chi connectivity index (χ1) is 28.9. The first-order valence-electron chi connectivity index (χ1n) is 21.1. The Morgan fingerprint density at radius 1 is 0.814 bits per heavy atom. The summed E-state index contributed by atoms with van der Waals surface area (Å²) in [6.07, 6.45) is 7.97. The molecular weight excluding hydrogens is 753 g/mol. The molecule has 4 aromatic rings. The van der Waals surface area contributed by atoms with E-state index in [4.69, 9.17) is 37.6 Å². The van der Waals surface area contributed by atoms with Gasteiger partial charge in [-0.2, -0.15) is 0 Å². The number of hydrogen-bond donors (Lipinski definition) is 1. The highest BCUT2D eigenvalue weighted by Crippen LogP contribution is 2.50. The summed E-state index contributed by atoms with van der Waals surface area (Å²) < 4.78 is 47.3. The van der Waals surface area contributed by atoms with Crippen LogP contribution in [0.5, 0.6) is 23.0 Å². The van der Waals surface area contributed by atoms with Gasteiger partial charge in [-0.05, 0) is 96.2 Å². The van der Waals surface area contributed by atoms with Gasteiger partial charge >= 0.3 is 0 Å². The number of hydrogen-bond acceptors (Lipinski definition) is 11. The number of aliphatic hydroxyl groups is 1. The Morgan fingerprint density at radius 2 is 1.51 bits per heavy atom. The zero-order valence-electron chi connectivity index (χ0n) is 34.9. The predicted octanol–water partition coefficient (Wildman–Crippen LogP) is 7.37. The highest BCUT2D eigenvalue weighted by atomic mass is 16.7. The Morgan fingerprint density at radius 3 is 2.24 bits per heavy atom. The number of piperidine rings is 1. The Labute approximate surface area is 346 Å². The van der Waals surface area contributed by atoms with Gasteiger partial charge in [0.05, 0.1) is 67.2 Å². The standard InChI is InChI=1S/C47H58N2O10/c1-6-29-27-48-13-11-30-21-41(52-2)43(54-4)25-35(30)38(48)19-32(29)20-39-36-26-44(55-5)42(53-3)22-31(36)12-14-49(39)47(51)45-23-33(24-46(59-45)57-18-17-56-16-15-50)37-28-58-40-10-8-7-9-34(37)40/h7-10,21-23,25-26,28-29,32-33,38-39,46,50H,6,11-20,24,27H2,1-5H3/t29-,32+,33-,38-,39+,46+/m0/s1. The zero-order chi connectivity index (χ0) is 41.0. The molecule has 5 heterocycles. The van der Waals surface area contributed by atoms with E-state index in [2.05, 4.69) is 36.1 Å². The van der Waals surface area contributed by atoms with Gasteiger partial charge < -0.3 is 47.6 Å². The molecule has 1 saturated heterocycles. The number of furan rings is 1. The Bertz CT molecular complexity index is 2130. The second-order valence-electron chi connectivity index (χ2n) is 16.1. The second-order valence-corrected chi connectivity index (χ2v) is 16.1. The zero-order valence-corrected chi connectivity index (χ0v) is 34.9. The van der Waals surface area contributed by atoms with Crippen LogP contribution in [0.25, 0.3) is 11.0 Å². The number of amides is 1. The predicted molar refractivity (Wildman–Crippen MR) is 222 cm³/mol. The van der Waals surface area contributed by atoms with Crippen LogP contribution in [0.15, 0.2) is 71.0 Å². The molecule has 1 amide bonds. The van der Waals surface area contributed by atoms with E-state index in [0.717, 1.165) is 77.9 Å². The molecule has 0 bridgehead atoms. The minimum atomic E-state index is -0.689. The molecule has 3 aromatic carbocycles. The monoisotopic (exact) mass is 810 g/mol. The highest BCUT2D eigenvalue weighted by molar-refractivity contribution is 5.93. The lowest BCUT2D eigenvalue weighted by Crippen LogP contribution is -2.48. The van der Waals surface area contributed by atoms with Crippen molar-refractivity contribution in [3.63, 3.8) is 0 Å². The van der Waals surface area contributed by atoms with Gasteiger partial charge in [0.1, 0.15) is 5.58 Å². The van der Waals surface area contributed by atoms with E-state index in [1.165, 1.54) is 11.1 Å². The molecule has 1 N–H and O–H groups in total. The van der Waals surface area contributed by atoms with E-state index < -0.39 is 6.29 Å². The van der Waals surface area contributed by atoms with E-state index in [9.17, 15) is 5.11 Å². The summed E-state index contributed by atoms with van der Waals surface area (Å²) >= 11 is 0. The number of ether oxygens (including phenoxy) is 7. The van der Waals surface area contributed by atoms with Gasteiger partial charge in [0.2, 0.25) is 6.29 Å². The van der Waals surface area contributed by atoms with Crippen LogP contribution in [0.3, 0.4) is 0 Å². The fourth-order valence-electron chi connectivity index (χ4n) is 10.0. The van der Waals surface area contributed by atoms with Crippen molar-refractivity contribution < 1.29 is 47.5 Å². The molecule has 0 spiro atoms. The molecule has 12 heteroatoms. The molecule has 0 radical (unpaired) electrons. The van der Waals surface area contributed by atoms with Crippen LogP contribution in [0, 0.1) is 11.8 Å². The summed E-state index contributed by atoms with van der Waals surface area (Å²) in [5.74, 6) is 3.53. The topological polar surface area (TPSA) is 122 Å². The molecule has 8 rings (SSSR count). The Kier molecular flexibility index (Phi) is 12.7. The molecule has 0 unspecified atom stereocenters. The fourth-order valence-corrected chi connectivity index (χ4v) is 10.0. The molecule has 1 aromatic heterocycles. The van der Waals surface area contributed by atoms with E-state index in [1.807, 2.05) is 35.2 Å². The molecule has 1 fully saturated rings. The maximum atomic E-state index is 15.2. The molecule has 4 aliphatic heterocycles. The number of para-hydroxylation sites is 1. The molecule has 0 aliphatic carbocycles. The number of nitrogens with zero attached hydrogens (tertiary/aromatic N) is 2. The van der Waals surface area contributed by atoms with Crippen molar-refractivity contribution in [1.29, 1.82) is 0 Å². The Balaban J connectivity index is 1.14. The van der Waals surface area contributed by atoms with Gasteiger partial charge in [0.15, 0.2) is 28.8 Å². The van der Waals surface area contributed by atoms with Crippen molar-refractivity contribution in [3.8, 4) is 23.0 Å². The summed E-state index contributed by atoms with van der Waals surface area (Å²) in [4.78, 5) is 19.9. The summed E-state index contributed by atoms with van der Waals surface area (Å²) in [7, 11) is 6.71. The van der Waals surface area contributed by atoms with Crippen LogP contribution in [-0.4, -0.2) is 102 Å². The lowest BCUT2D eigenvalue weighted by Gasteiger charge is -2.49. The molecule has 6 atom stereocenters. The van der Waals surface area contributed by atoms with Gasteiger partial charge in [0, 0.05) is 49.0 Å². The van der Waals surface area contributed by atoms with Crippen molar-refractivity contribution in [1.82, 2.24) is 9.80 Å². The van der Waals surface area contributed by atoms with E-state index in [-0.39, 0.29) is 49.5 Å². The quantitative estimate of drug-likeness (QED) is 0.121. The fraction of sp³-hybridized carbons (Fsp3) is 0.511. The summed E-state index contributed by atoms with van der Waals surface area (Å²) in [6.45, 7) is 5.53. The van der Waals surface area contributed by atoms with Crippen molar-refractivity contribution in [2.24, 2.45) is 11.8 Å². The molecule has 59 heavy (non-hydrogen) atoms.